The van der Waals surface area contributed by atoms with Crippen LogP contribution in [0, 0.1) is 5.82 Å². The molecule has 72 valence electrons. The third-order valence-electron chi connectivity index (χ3n) is 2.11. The highest BCUT2D eigenvalue weighted by Gasteiger charge is 2.13. The standard InChI is InChI=1S/C10H13BrFN/c1-3-9(13-2)7-5-4-6-8(11)10(7)12/h4-6,9,13H,3H2,1-2H3. The highest BCUT2D eigenvalue weighted by molar-refractivity contribution is 9.10. The zero-order valence-electron chi connectivity index (χ0n) is 7.77. The minimum absolute atomic E-state index is 0.0949. The number of hydrogen-bond acceptors (Lipinski definition) is 1. The van der Waals surface area contributed by atoms with E-state index in [1.807, 2.05) is 26.1 Å². The highest BCUT2D eigenvalue weighted by Crippen LogP contribution is 2.24. The normalized spacial score (nSPS) is 12.9. The van der Waals surface area contributed by atoms with Crippen molar-refractivity contribution in [3.8, 4) is 0 Å². The minimum Gasteiger partial charge on any atom is -0.313 e. The average Bonchev–Trinajstić information content (AvgIpc) is 2.14. The zero-order chi connectivity index (χ0) is 9.84. The number of rotatable bonds is 3. The van der Waals surface area contributed by atoms with Crippen LogP contribution in [0.1, 0.15) is 24.9 Å². The zero-order valence-corrected chi connectivity index (χ0v) is 9.36. The van der Waals surface area contributed by atoms with Crippen molar-refractivity contribution in [3.63, 3.8) is 0 Å². The average molecular weight is 246 g/mol. The first-order valence-corrected chi connectivity index (χ1v) is 5.11. The van der Waals surface area contributed by atoms with Crippen molar-refractivity contribution in [1.29, 1.82) is 0 Å². The van der Waals surface area contributed by atoms with Crippen LogP contribution in [0.25, 0.3) is 0 Å². The van der Waals surface area contributed by atoms with Crippen LogP contribution in [0.4, 0.5) is 4.39 Å². The fourth-order valence-electron chi connectivity index (χ4n) is 1.37. The van der Waals surface area contributed by atoms with E-state index in [-0.39, 0.29) is 11.9 Å². The van der Waals surface area contributed by atoms with E-state index < -0.39 is 0 Å². The fraction of sp³-hybridized carbons (Fsp3) is 0.400. The molecular formula is C10H13BrFN. The summed E-state index contributed by atoms with van der Waals surface area (Å²) >= 11 is 3.17. The van der Waals surface area contributed by atoms with E-state index in [0.29, 0.717) is 4.47 Å². The summed E-state index contributed by atoms with van der Waals surface area (Å²) in [6.45, 7) is 2.03. The third-order valence-corrected chi connectivity index (χ3v) is 2.73. The van der Waals surface area contributed by atoms with Crippen LogP contribution in [0.15, 0.2) is 22.7 Å². The van der Waals surface area contributed by atoms with E-state index in [9.17, 15) is 4.39 Å². The van der Waals surface area contributed by atoms with Crippen LogP contribution in [0.5, 0.6) is 0 Å². The van der Waals surface area contributed by atoms with Crippen molar-refractivity contribution in [1.82, 2.24) is 5.32 Å². The van der Waals surface area contributed by atoms with Crippen molar-refractivity contribution >= 4 is 15.9 Å². The Labute approximate surface area is 86.5 Å². The molecule has 0 heterocycles. The Hall–Kier alpha value is -0.410. The molecule has 0 aliphatic carbocycles. The lowest BCUT2D eigenvalue weighted by molar-refractivity contribution is 0.522. The van der Waals surface area contributed by atoms with Crippen molar-refractivity contribution in [2.45, 2.75) is 19.4 Å². The van der Waals surface area contributed by atoms with E-state index in [2.05, 4.69) is 21.2 Å². The molecule has 0 fully saturated rings. The van der Waals surface area contributed by atoms with Crippen LogP contribution in [-0.2, 0) is 0 Å². The molecule has 0 bridgehead atoms. The van der Waals surface area contributed by atoms with E-state index in [0.717, 1.165) is 12.0 Å². The Morgan fingerprint density at radius 2 is 2.23 bits per heavy atom. The Morgan fingerprint density at radius 3 is 2.77 bits per heavy atom. The van der Waals surface area contributed by atoms with Crippen LogP contribution in [-0.4, -0.2) is 7.05 Å². The summed E-state index contributed by atoms with van der Waals surface area (Å²) in [5.41, 5.74) is 0.722. The maximum atomic E-state index is 13.5. The Balaban J connectivity index is 3.05. The van der Waals surface area contributed by atoms with E-state index in [1.165, 1.54) is 0 Å². The largest absolute Gasteiger partial charge is 0.313 e. The summed E-state index contributed by atoms with van der Waals surface area (Å²) in [5.74, 6) is -0.163. The lowest BCUT2D eigenvalue weighted by Crippen LogP contribution is -2.16. The van der Waals surface area contributed by atoms with E-state index in [1.54, 1.807) is 6.07 Å². The molecule has 0 aliphatic rings. The molecule has 0 aromatic heterocycles. The van der Waals surface area contributed by atoms with Gasteiger partial charge in [-0.1, -0.05) is 19.1 Å². The molecule has 3 heteroatoms. The fourth-order valence-corrected chi connectivity index (χ4v) is 1.75. The van der Waals surface area contributed by atoms with Gasteiger partial charge in [0.1, 0.15) is 5.82 Å². The minimum atomic E-state index is -0.163. The molecule has 0 saturated carbocycles. The monoisotopic (exact) mass is 245 g/mol. The molecule has 0 saturated heterocycles. The lowest BCUT2D eigenvalue weighted by atomic mass is 10.0. The first-order chi connectivity index (χ1) is 6.20. The highest BCUT2D eigenvalue weighted by atomic mass is 79.9. The summed E-state index contributed by atoms with van der Waals surface area (Å²) < 4.78 is 14.1. The SMILES string of the molecule is CCC(NC)c1cccc(Br)c1F. The number of halogens is 2. The summed E-state index contributed by atoms with van der Waals surface area (Å²) in [4.78, 5) is 0. The lowest BCUT2D eigenvalue weighted by Gasteiger charge is -2.15. The third kappa shape index (κ3) is 2.29. The van der Waals surface area contributed by atoms with Gasteiger partial charge >= 0.3 is 0 Å². The van der Waals surface area contributed by atoms with Crippen molar-refractivity contribution < 1.29 is 4.39 Å². The van der Waals surface area contributed by atoms with Gasteiger partial charge in [0.25, 0.3) is 0 Å². The predicted octanol–water partition coefficient (Wildman–Crippen LogP) is 3.26. The summed E-state index contributed by atoms with van der Waals surface area (Å²) in [6, 6.07) is 5.46. The molecule has 1 atom stereocenters. The second-order valence-corrected chi connectivity index (χ2v) is 3.75. The molecule has 1 unspecified atom stereocenters. The summed E-state index contributed by atoms with van der Waals surface area (Å²) in [6.07, 6.45) is 0.879. The van der Waals surface area contributed by atoms with Crippen LogP contribution >= 0.6 is 15.9 Å². The predicted molar refractivity (Wildman–Crippen MR) is 56.2 cm³/mol. The molecule has 0 aliphatic heterocycles. The molecule has 1 aromatic carbocycles. The van der Waals surface area contributed by atoms with Crippen LogP contribution in [0.2, 0.25) is 0 Å². The first kappa shape index (κ1) is 10.7. The molecule has 1 aromatic rings. The van der Waals surface area contributed by atoms with Crippen LogP contribution in [0.3, 0.4) is 0 Å². The molecule has 1 nitrogen and oxygen atoms in total. The smallest absolute Gasteiger partial charge is 0.142 e. The number of nitrogens with one attached hydrogen (secondary N) is 1. The molecule has 0 radical (unpaired) electrons. The van der Waals surface area contributed by atoms with E-state index in [4.69, 9.17) is 0 Å². The van der Waals surface area contributed by atoms with Gasteiger partial charge in [-0.25, -0.2) is 4.39 Å². The van der Waals surface area contributed by atoms with Gasteiger partial charge in [0, 0.05) is 11.6 Å². The maximum absolute atomic E-state index is 13.5. The van der Waals surface area contributed by atoms with Gasteiger partial charge in [-0.05, 0) is 35.5 Å². The summed E-state index contributed by atoms with van der Waals surface area (Å²) in [5, 5.41) is 3.08. The Morgan fingerprint density at radius 1 is 1.54 bits per heavy atom. The van der Waals surface area contributed by atoms with Gasteiger partial charge in [0.2, 0.25) is 0 Å². The van der Waals surface area contributed by atoms with E-state index >= 15 is 0 Å². The Kier molecular flexibility index (Phi) is 3.88. The molecule has 13 heavy (non-hydrogen) atoms. The van der Waals surface area contributed by atoms with Crippen molar-refractivity contribution in [2.75, 3.05) is 7.05 Å². The summed E-state index contributed by atoms with van der Waals surface area (Å²) in [7, 11) is 1.84. The van der Waals surface area contributed by atoms with Crippen molar-refractivity contribution in [2.24, 2.45) is 0 Å². The second kappa shape index (κ2) is 4.72. The molecule has 1 N–H and O–H groups in total. The van der Waals surface area contributed by atoms with Crippen LogP contribution < -0.4 is 5.32 Å². The molecular weight excluding hydrogens is 233 g/mol. The van der Waals surface area contributed by atoms with Crippen molar-refractivity contribution in [3.05, 3.63) is 34.1 Å². The molecule has 0 amide bonds. The quantitative estimate of drug-likeness (QED) is 0.863. The number of hydrogen-bond donors (Lipinski definition) is 1. The van der Waals surface area contributed by atoms with Gasteiger partial charge in [0.05, 0.1) is 4.47 Å². The van der Waals surface area contributed by atoms with Gasteiger partial charge in [0.15, 0.2) is 0 Å². The second-order valence-electron chi connectivity index (χ2n) is 2.89. The topological polar surface area (TPSA) is 12.0 Å². The number of benzene rings is 1. The Bertz CT molecular complexity index is 284. The first-order valence-electron chi connectivity index (χ1n) is 4.31. The molecule has 0 spiro atoms. The van der Waals surface area contributed by atoms with Gasteiger partial charge in [-0.15, -0.1) is 0 Å². The van der Waals surface area contributed by atoms with Gasteiger partial charge in [-0.2, -0.15) is 0 Å². The molecule has 1 rings (SSSR count). The van der Waals surface area contributed by atoms with Gasteiger partial charge in [-0.3, -0.25) is 0 Å². The van der Waals surface area contributed by atoms with Gasteiger partial charge < -0.3 is 5.32 Å². The maximum Gasteiger partial charge on any atom is 0.142 e.